The minimum Gasteiger partial charge on any atom is -0.497 e. The molecular formula is C21H27N3O3S2. The summed E-state index contributed by atoms with van der Waals surface area (Å²) in [6, 6.07) is 7.20. The quantitative estimate of drug-likeness (QED) is 0.582. The fourth-order valence-electron chi connectivity index (χ4n) is 3.31. The number of anilines is 1. The molecule has 0 atom stereocenters. The topological polar surface area (TPSA) is 80.3 Å². The molecule has 8 heteroatoms. The van der Waals surface area contributed by atoms with Gasteiger partial charge in [0.1, 0.15) is 5.75 Å². The largest absolute Gasteiger partial charge is 0.497 e. The minimum absolute atomic E-state index is 0.0228. The van der Waals surface area contributed by atoms with E-state index >= 15 is 0 Å². The van der Waals surface area contributed by atoms with Crippen molar-refractivity contribution >= 4 is 40.6 Å². The van der Waals surface area contributed by atoms with Crippen molar-refractivity contribution in [2.45, 2.75) is 42.9 Å². The first-order valence-corrected chi connectivity index (χ1v) is 11.8. The van der Waals surface area contributed by atoms with Gasteiger partial charge in [-0.3, -0.25) is 9.59 Å². The minimum atomic E-state index is -0.0952. The Bertz CT molecular complexity index is 802. The van der Waals surface area contributed by atoms with Gasteiger partial charge in [0.15, 0.2) is 4.34 Å². The second kappa shape index (κ2) is 11.2. The van der Waals surface area contributed by atoms with E-state index in [1.807, 2.05) is 5.38 Å². The number of rotatable bonds is 9. The number of amides is 2. The van der Waals surface area contributed by atoms with Gasteiger partial charge in [-0.25, -0.2) is 4.98 Å². The maximum absolute atomic E-state index is 12.2. The lowest BCUT2D eigenvalue weighted by atomic mass is 9.89. The van der Waals surface area contributed by atoms with Crippen molar-refractivity contribution in [3.05, 3.63) is 35.3 Å². The van der Waals surface area contributed by atoms with E-state index < -0.39 is 0 Å². The van der Waals surface area contributed by atoms with E-state index in [0.29, 0.717) is 12.3 Å². The Morgan fingerprint density at radius 1 is 1.17 bits per heavy atom. The van der Waals surface area contributed by atoms with E-state index in [1.165, 1.54) is 55.2 Å². The highest BCUT2D eigenvalue weighted by Crippen LogP contribution is 2.24. The number of aromatic nitrogens is 1. The number of hydrogen-bond donors (Lipinski definition) is 2. The normalized spacial score (nSPS) is 14.4. The molecule has 6 nitrogen and oxygen atoms in total. The standard InChI is InChI=1S/C21H27N3O3S2/c1-27-18-9-7-16(8-10-18)23-20(26)14-29-21-24-17(13-28-21)11-19(25)22-12-15-5-3-2-4-6-15/h7-10,13,15H,2-6,11-12,14H2,1H3,(H,22,25)(H,23,26). The van der Waals surface area contributed by atoms with Gasteiger partial charge in [-0.2, -0.15) is 0 Å². The molecule has 0 spiro atoms. The van der Waals surface area contributed by atoms with Crippen molar-refractivity contribution < 1.29 is 14.3 Å². The zero-order chi connectivity index (χ0) is 20.5. The summed E-state index contributed by atoms with van der Waals surface area (Å²) in [5.74, 6) is 1.57. The van der Waals surface area contributed by atoms with Crippen molar-refractivity contribution in [1.29, 1.82) is 0 Å². The second-order valence-electron chi connectivity index (χ2n) is 7.15. The van der Waals surface area contributed by atoms with Crippen LogP contribution in [0, 0.1) is 5.92 Å². The molecule has 1 fully saturated rings. The smallest absolute Gasteiger partial charge is 0.234 e. The SMILES string of the molecule is COc1ccc(NC(=O)CSc2nc(CC(=O)NCC3CCCCC3)cs2)cc1. The monoisotopic (exact) mass is 433 g/mol. The van der Waals surface area contributed by atoms with E-state index in [-0.39, 0.29) is 17.6 Å². The van der Waals surface area contributed by atoms with Crippen molar-refractivity contribution in [3.63, 3.8) is 0 Å². The lowest BCUT2D eigenvalue weighted by Gasteiger charge is -2.21. The lowest BCUT2D eigenvalue weighted by molar-refractivity contribution is -0.120. The fourth-order valence-corrected chi connectivity index (χ4v) is 4.96. The lowest BCUT2D eigenvalue weighted by Crippen LogP contribution is -2.31. The van der Waals surface area contributed by atoms with Gasteiger partial charge in [-0.15, -0.1) is 11.3 Å². The number of carbonyl (C=O) groups excluding carboxylic acids is 2. The molecule has 2 aromatic rings. The number of thiazole rings is 1. The number of hydrogen-bond acceptors (Lipinski definition) is 6. The molecule has 1 saturated carbocycles. The van der Waals surface area contributed by atoms with Crippen LogP contribution < -0.4 is 15.4 Å². The number of carbonyl (C=O) groups is 2. The Kier molecular flexibility index (Phi) is 8.37. The Balaban J connectivity index is 1.37. The van der Waals surface area contributed by atoms with Crippen LogP contribution in [0.3, 0.4) is 0 Å². The summed E-state index contributed by atoms with van der Waals surface area (Å²) < 4.78 is 5.90. The van der Waals surface area contributed by atoms with Gasteiger partial charge in [-0.1, -0.05) is 31.0 Å². The maximum atomic E-state index is 12.2. The Labute approximate surface area is 179 Å². The maximum Gasteiger partial charge on any atom is 0.234 e. The van der Waals surface area contributed by atoms with Crippen LogP contribution in [0.2, 0.25) is 0 Å². The number of benzene rings is 1. The summed E-state index contributed by atoms with van der Waals surface area (Å²) in [6.07, 6.45) is 6.61. The summed E-state index contributed by atoms with van der Waals surface area (Å²) in [5, 5.41) is 7.78. The van der Waals surface area contributed by atoms with Crippen molar-refractivity contribution in [2.75, 3.05) is 24.7 Å². The van der Waals surface area contributed by atoms with E-state index in [1.54, 1.807) is 31.4 Å². The van der Waals surface area contributed by atoms with Gasteiger partial charge in [-0.05, 0) is 43.0 Å². The van der Waals surface area contributed by atoms with E-state index in [2.05, 4.69) is 15.6 Å². The summed E-state index contributed by atoms with van der Waals surface area (Å²) in [6.45, 7) is 0.774. The molecule has 156 valence electrons. The summed E-state index contributed by atoms with van der Waals surface area (Å²) in [4.78, 5) is 28.7. The summed E-state index contributed by atoms with van der Waals surface area (Å²) >= 11 is 2.84. The molecule has 1 heterocycles. The number of methoxy groups -OCH3 is 1. The zero-order valence-electron chi connectivity index (χ0n) is 16.6. The van der Waals surface area contributed by atoms with Gasteiger partial charge >= 0.3 is 0 Å². The van der Waals surface area contributed by atoms with Crippen LogP contribution in [-0.2, 0) is 16.0 Å². The van der Waals surface area contributed by atoms with E-state index in [9.17, 15) is 9.59 Å². The molecule has 0 aliphatic heterocycles. The van der Waals surface area contributed by atoms with Crippen molar-refractivity contribution in [1.82, 2.24) is 10.3 Å². The third-order valence-electron chi connectivity index (χ3n) is 4.89. The first-order chi connectivity index (χ1) is 14.1. The number of nitrogens with zero attached hydrogens (tertiary/aromatic N) is 1. The predicted molar refractivity (Wildman–Crippen MR) is 118 cm³/mol. The Morgan fingerprint density at radius 2 is 1.93 bits per heavy atom. The van der Waals surface area contributed by atoms with Gasteiger partial charge < -0.3 is 15.4 Å². The summed E-state index contributed by atoms with van der Waals surface area (Å²) in [5.41, 5.74) is 1.49. The number of thioether (sulfide) groups is 1. The molecule has 2 N–H and O–H groups in total. The first kappa shape index (κ1) is 21.6. The first-order valence-electron chi connectivity index (χ1n) is 9.90. The van der Waals surface area contributed by atoms with Crippen LogP contribution in [0.25, 0.3) is 0 Å². The number of nitrogens with one attached hydrogen (secondary N) is 2. The molecule has 0 bridgehead atoms. The molecule has 1 aliphatic rings. The van der Waals surface area contributed by atoms with E-state index in [0.717, 1.165) is 28.0 Å². The molecule has 29 heavy (non-hydrogen) atoms. The molecule has 1 aromatic carbocycles. The Hall–Kier alpha value is -2.06. The molecular weight excluding hydrogens is 406 g/mol. The average molecular weight is 434 g/mol. The third-order valence-corrected chi connectivity index (χ3v) is 6.96. The van der Waals surface area contributed by atoms with E-state index in [4.69, 9.17) is 4.74 Å². The van der Waals surface area contributed by atoms with Crippen LogP contribution in [0.15, 0.2) is 34.0 Å². The van der Waals surface area contributed by atoms with Gasteiger partial charge in [0, 0.05) is 17.6 Å². The van der Waals surface area contributed by atoms with Crippen LogP contribution >= 0.6 is 23.1 Å². The molecule has 3 rings (SSSR count). The second-order valence-corrected chi connectivity index (χ2v) is 9.24. The van der Waals surface area contributed by atoms with Gasteiger partial charge in [0.05, 0.1) is 25.0 Å². The van der Waals surface area contributed by atoms with Gasteiger partial charge in [0.25, 0.3) is 0 Å². The van der Waals surface area contributed by atoms with Crippen LogP contribution in [0.5, 0.6) is 5.75 Å². The van der Waals surface area contributed by atoms with Crippen LogP contribution in [-0.4, -0.2) is 36.2 Å². The van der Waals surface area contributed by atoms with Crippen molar-refractivity contribution in [3.8, 4) is 5.75 Å². The molecule has 1 aliphatic carbocycles. The number of ether oxygens (including phenoxy) is 1. The summed E-state index contributed by atoms with van der Waals surface area (Å²) in [7, 11) is 1.60. The van der Waals surface area contributed by atoms with Crippen molar-refractivity contribution in [2.24, 2.45) is 5.92 Å². The Morgan fingerprint density at radius 3 is 2.66 bits per heavy atom. The fraction of sp³-hybridized carbons (Fsp3) is 0.476. The highest BCUT2D eigenvalue weighted by atomic mass is 32.2. The zero-order valence-corrected chi connectivity index (χ0v) is 18.2. The molecule has 1 aromatic heterocycles. The average Bonchev–Trinajstić information content (AvgIpc) is 3.19. The molecule has 2 amide bonds. The molecule has 0 radical (unpaired) electrons. The highest BCUT2D eigenvalue weighted by Gasteiger charge is 2.15. The predicted octanol–water partition coefficient (Wildman–Crippen LogP) is 4.12. The van der Waals surface area contributed by atoms with Crippen LogP contribution in [0.1, 0.15) is 37.8 Å². The third kappa shape index (κ3) is 7.36. The van der Waals surface area contributed by atoms with Crippen LogP contribution in [0.4, 0.5) is 5.69 Å². The molecule has 0 saturated heterocycles. The van der Waals surface area contributed by atoms with Gasteiger partial charge in [0.2, 0.25) is 11.8 Å². The molecule has 0 unspecified atom stereocenters. The highest BCUT2D eigenvalue weighted by molar-refractivity contribution is 8.01.